The maximum Gasteiger partial charge on any atom is 0.322 e. The Morgan fingerprint density at radius 2 is 2.00 bits per heavy atom. The lowest BCUT2D eigenvalue weighted by atomic mass is 9.69. The zero-order valence-electron chi connectivity index (χ0n) is 14.0. The summed E-state index contributed by atoms with van der Waals surface area (Å²) in [5.41, 5.74) is 0.685. The highest BCUT2D eigenvalue weighted by molar-refractivity contribution is 5.75. The third kappa shape index (κ3) is 2.38. The van der Waals surface area contributed by atoms with Gasteiger partial charge in [0.15, 0.2) is 0 Å². The molecule has 0 aromatic rings. The maximum atomic E-state index is 12.0. The summed E-state index contributed by atoms with van der Waals surface area (Å²) in [6, 6.07) is 0.288. The third-order valence-electron chi connectivity index (χ3n) is 6.39. The van der Waals surface area contributed by atoms with E-state index in [9.17, 15) is 4.79 Å². The molecule has 1 N–H and O–H groups in total. The van der Waals surface area contributed by atoms with E-state index >= 15 is 0 Å². The van der Waals surface area contributed by atoms with Gasteiger partial charge < -0.3 is 10.1 Å². The van der Waals surface area contributed by atoms with E-state index in [-0.39, 0.29) is 12.0 Å². The first-order chi connectivity index (χ1) is 9.22. The SMILES string of the molecule is COC(=O)C(CC(C)C)NC1CC2CCC1(C)C2(C)C. The van der Waals surface area contributed by atoms with Crippen LogP contribution in [0.3, 0.4) is 0 Å². The number of methoxy groups -OCH3 is 1. The Labute approximate surface area is 123 Å². The lowest BCUT2D eigenvalue weighted by Crippen LogP contribution is -2.51. The van der Waals surface area contributed by atoms with Gasteiger partial charge in [-0.2, -0.15) is 0 Å². The molecule has 2 saturated carbocycles. The molecule has 0 heterocycles. The highest BCUT2D eigenvalue weighted by Gasteiger charge is 2.61. The number of nitrogens with one attached hydrogen (secondary N) is 1. The fourth-order valence-corrected chi connectivity index (χ4v) is 4.54. The Morgan fingerprint density at radius 3 is 2.40 bits per heavy atom. The van der Waals surface area contributed by atoms with Gasteiger partial charge in [-0.3, -0.25) is 4.79 Å². The molecular formula is C17H31NO2. The molecule has 2 aliphatic rings. The number of hydrogen-bond acceptors (Lipinski definition) is 3. The molecular weight excluding hydrogens is 250 g/mol. The van der Waals surface area contributed by atoms with Gasteiger partial charge in [0, 0.05) is 6.04 Å². The molecule has 2 aliphatic carbocycles. The second-order valence-electron chi connectivity index (χ2n) is 8.04. The standard InChI is InChI=1S/C17H31NO2/c1-11(2)9-13(15(19)20-6)18-14-10-12-7-8-17(14,5)16(12,3)4/h11-14,18H,7-10H2,1-6H3. The smallest absolute Gasteiger partial charge is 0.322 e. The van der Waals surface area contributed by atoms with E-state index in [1.54, 1.807) is 0 Å². The van der Waals surface area contributed by atoms with Gasteiger partial charge in [0.25, 0.3) is 0 Å². The van der Waals surface area contributed by atoms with Crippen molar-refractivity contribution in [2.24, 2.45) is 22.7 Å². The average molecular weight is 281 g/mol. The van der Waals surface area contributed by atoms with Crippen LogP contribution < -0.4 is 5.32 Å². The fourth-order valence-electron chi connectivity index (χ4n) is 4.54. The molecule has 0 saturated heterocycles. The lowest BCUT2D eigenvalue weighted by molar-refractivity contribution is -0.144. The normalized spacial score (nSPS) is 36.4. The van der Waals surface area contributed by atoms with Crippen molar-refractivity contribution in [1.82, 2.24) is 5.32 Å². The molecule has 2 bridgehead atoms. The van der Waals surface area contributed by atoms with Crippen LogP contribution in [-0.4, -0.2) is 25.2 Å². The predicted molar refractivity (Wildman–Crippen MR) is 81.4 cm³/mol. The van der Waals surface area contributed by atoms with Crippen molar-refractivity contribution in [3.8, 4) is 0 Å². The van der Waals surface area contributed by atoms with Gasteiger partial charge in [-0.25, -0.2) is 0 Å². The number of ether oxygens (including phenoxy) is 1. The van der Waals surface area contributed by atoms with Crippen LogP contribution in [0.25, 0.3) is 0 Å². The first-order valence-electron chi connectivity index (χ1n) is 8.06. The number of esters is 1. The van der Waals surface area contributed by atoms with Crippen molar-refractivity contribution < 1.29 is 9.53 Å². The monoisotopic (exact) mass is 281 g/mol. The molecule has 3 heteroatoms. The molecule has 0 aromatic carbocycles. The van der Waals surface area contributed by atoms with Gasteiger partial charge in [-0.15, -0.1) is 0 Å². The van der Waals surface area contributed by atoms with Crippen LogP contribution in [0.15, 0.2) is 0 Å². The lowest BCUT2D eigenvalue weighted by Gasteiger charge is -2.41. The van der Waals surface area contributed by atoms with Gasteiger partial charge in [-0.1, -0.05) is 34.6 Å². The quantitative estimate of drug-likeness (QED) is 0.785. The van der Waals surface area contributed by atoms with Crippen LogP contribution in [0.2, 0.25) is 0 Å². The first kappa shape index (κ1) is 15.8. The summed E-state index contributed by atoms with van der Waals surface area (Å²) in [5.74, 6) is 1.18. The van der Waals surface area contributed by atoms with Crippen molar-refractivity contribution in [1.29, 1.82) is 0 Å². The number of carbonyl (C=O) groups is 1. The van der Waals surface area contributed by atoms with E-state index in [1.165, 1.54) is 26.4 Å². The Hall–Kier alpha value is -0.570. The van der Waals surface area contributed by atoms with E-state index in [1.807, 2.05) is 0 Å². The molecule has 20 heavy (non-hydrogen) atoms. The number of carbonyl (C=O) groups excluding carboxylic acids is 1. The van der Waals surface area contributed by atoms with Crippen molar-refractivity contribution in [2.75, 3.05) is 7.11 Å². The Bertz CT molecular complexity index is 377. The van der Waals surface area contributed by atoms with Gasteiger partial charge in [0.2, 0.25) is 0 Å². The Morgan fingerprint density at radius 1 is 1.35 bits per heavy atom. The Balaban J connectivity index is 2.11. The minimum atomic E-state index is -0.156. The summed E-state index contributed by atoms with van der Waals surface area (Å²) in [4.78, 5) is 12.0. The summed E-state index contributed by atoms with van der Waals surface area (Å²) in [6.07, 6.45) is 4.67. The van der Waals surface area contributed by atoms with Crippen LogP contribution in [0.1, 0.15) is 60.3 Å². The van der Waals surface area contributed by atoms with E-state index in [0.717, 1.165) is 12.3 Å². The summed E-state index contributed by atoms with van der Waals surface area (Å²) in [7, 11) is 1.49. The number of rotatable bonds is 5. The van der Waals surface area contributed by atoms with Gasteiger partial charge >= 0.3 is 5.97 Å². The number of hydrogen-bond donors (Lipinski definition) is 1. The molecule has 4 unspecified atom stereocenters. The zero-order chi connectivity index (χ0) is 15.1. The van der Waals surface area contributed by atoms with E-state index in [2.05, 4.69) is 39.9 Å². The van der Waals surface area contributed by atoms with Crippen molar-refractivity contribution in [3.63, 3.8) is 0 Å². The molecule has 0 spiro atoms. The zero-order valence-corrected chi connectivity index (χ0v) is 14.0. The summed E-state index contributed by atoms with van der Waals surface area (Å²) >= 11 is 0. The molecule has 2 fully saturated rings. The fraction of sp³-hybridized carbons (Fsp3) is 0.941. The molecule has 0 radical (unpaired) electrons. The van der Waals surface area contributed by atoms with Crippen molar-refractivity contribution >= 4 is 5.97 Å². The minimum Gasteiger partial charge on any atom is -0.468 e. The molecule has 3 nitrogen and oxygen atoms in total. The van der Waals surface area contributed by atoms with Gasteiger partial charge in [0.05, 0.1) is 7.11 Å². The van der Waals surface area contributed by atoms with Gasteiger partial charge in [-0.05, 0) is 48.3 Å². The molecule has 0 amide bonds. The first-order valence-corrected chi connectivity index (χ1v) is 8.06. The van der Waals surface area contributed by atoms with Crippen molar-refractivity contribution in [2.45, 2.75) is 72.4 Å². The van der Waals surface area contributed by atoms with E-state index < -0.39 is 0 Å². The van der Waals surface area contributed by atoms with Crippen molar-refractivity contribution in [3.05, 3.63) is 0 Å². The van der Waals surface area contributed by atoms with E-state index in [4.69, 9.17) is 4.74 Å². The molecule has 0 aromatic heterocycles. The Kier molecular flexibility index (Phi) is 4.21. The van der Waals surface area contributed by atoms with Crippen LogP contribution in [0, 0.1) is 22.7 Å². The largest absolute Gasteiger partial charge is 0.468 e. The second-order valence-corrected chi connectivity index (χ2v) is 8.04. The molecule has 0 aliphatic heterocycles. The van der Waals surface area contributed by atoms with E-state index in [0.29, 0.717) is 22.8 Å². The van der Waals surface area contributed by atoms with Crippen LogP contribution in [0.4, 0.5) is 0 Å². The molecule has 4 atom stereocenters. The summed E-state index contributed by atoms with van der Waals surface area (Å²) in [6.45, 7) is 11.5. The second kappa shape index (κ2) is 5.32. The summed E-state index contributed by atoms with van der Waals surface area (Å²) in [5, 5.41) is 3.65. The van der Waals surface area contributed by atoms with Crippen LogP contribution >= 0.6 is 0 Å². The van der Waals surface area contributed by atoms with Crippen LogP contribution in [-0.2, 0) is 9.53 Å². The van der Waals surface area contributed by atoms with Crippen LogP contribution in [0.5, 0.6) is 0 Å². The maximum absolute atomic E-state index is 12.0. The minimum absolute atomic E-state index is 0.108. The predicted octanol–water partition coefficient (Wildman–Crippen LogP) is 3.38. The number of fused-ring (bicyclic) bond motifs is 2. The highest BCUT2D eigenvalue weighted by Crippen LogP contribution is 2.65. The van der Waals surface area contributed by atoms with Gasteiger partial charge in [0.1, 0.15) is 6.04 Å². The molecule has 116 valence electrons. The molecule has 2 rings (SSSR count). The highest BCUT2D eigenvalue weighted by atomic mass is 16.5. The topological polar surface area (TPSA) is 38.3 Å². The summed E-state index contributed by atoms with van der Waals surface area (Å²) < 4.78 is 4.99. The average Bonchev–Trinajstić information content (AvgIpc) is 2.69. The third-order valence-corrected chi connectivity index (χ3v) is 6.39.